The second-order valence-electron chi connectivity index (χ2n) is 5.34. The van der Waals surface area contributed by atoms with Crippen molar-refractivity contribution in [3.8, 4) is 0 Å². The highest BCUT2D eigenvalue weighted by molar-refractivity contribution is 5.79. The Morgan fingerprint density at radius 2 is 2.00 bits per heavy atom. The highest BCUT2D eigenvalue weighted by Crippen LogP contribution is 2.31. The quantitative estimate of drug-likeness (QED) is 0.840. The van der Waals surface area contributed by atoms with Gasteiger partial charge in [-0.1, -0.05) is 24.3 Å². The number of benzene rings is 1. The number of fused-ring (bicyclic) bond motifs is 1. The van der Waals surface area contributed by atoms with Crippen LogP contribution >= 0.6 is 0 Å². The number of hydrogen-bond acceptors (Lipinski definition) is 3. The number of aliphatic hydroxyl groups excluding tert-OH is 1. The fraction of sp³-hybridized carbons (Fsp3) is 0.533. The molecule has 4 nitrogen and oxygen atoms in total. The average molecular weight is 261 g/mol. The molecule has 102 valence electrons. The van der Waals surface area contributed by atoms with Gasteiger partial charge < -0.3 is 15.2 Å². The molecule has 4 heteroatoms. The van der Waals surface area contributed by atoms with E-state index in [0.717, 1.165) is 24.0 Å². The predicted octanol–water partition coefficient (Wildman–Crippen LogP) is 1.19. The Kier molecular flexibility index (Phi) is 3.53. The van der Waals surface area contributed by atoms with Crippen molar-refractivity contribution in [2.75, 3.05) is 13.2 Å². The number of carbonyl (C=O) groups is 1. The standard InChI is InChI=1S/C15H19NO3/c17-13-9-11-3-1-2-4-12(11)14(13)16-15(18)10-5-7-19-8-6-10/h1-4,10,13-14,17H,5-9H2,(H,16,18). The van der Waals surface area contributed by atoms with Crippen molar-refractivity contribution >= 4 is 5.91 Å². The summed E-state index contributed by atoms with van der Waals surface area (Å²) in [4.78, 5) is 12.2. The van der Waals surface area contributed by atoms with Crippen molar-refractivity contribution in [1.82, 2.24) is 5.32 Å². The third-order valence-electron chi connectivity index (χ3n) is 4.09. The zero-order valence-corrected chi connectivity index (χ0v) is 10.8. The van der Waals surface area contributed by atoms with Gasteiger partial charge in [0.2, 0.25) is 5.91 Å². The number of hydrogen-bond donors (Lipinski definition) is 2. The van der Waals surface area contributed by atoms with Crippen LogP contribution in [-0.2, 0) is 16.0 Å². The number of amides is 1. The zero-order valence-electron chi connectivity index (χ0n) is 10.8. The van der Waals surface area contributed by atoms with Crippen LogP contribution in [0.15, 0.2) is 24.3 Å². The number of aliphatic hydroxyl groups is 1. The van der Waals surface area contributed by atoms with E-state index in [-0.39, 0.29) is 17.9 Å². The Morgan fingerprint density at radius 1 is 1.26 bits per heavy atom. The summed E-state index contributed by atoms with van der Waals surface area (Å²) in [6.45, 7) is 1.31. The van der Waals surface area contributed by atoms with Crippen LogP contribution in [0.1, 0.15) is 30.0 Å². The third kappa shape index (κ3) is 2.51. The number of ether oxygens (including phenoxy) is 1. The van der Waals surface area contributed by atoms with Crippen LogP contribution in [-0.4, -0.2) is 30.3 Å². The lowest BCUT2D eigenvalue weighted by molar-refractivity contribution is -0.129. The minimum absolute atomic E-state index is 0.0220. The normalized spacial score (nSPS) is 27.0. The van der Waals surface area contributed by atoms with Crippen molar-refractivity contribution in [2.24, 2.45) is 5.92 Å². The average Bonchev–Trinajstić information content (AvgIpc) is 2.76. The second-order valence-corrected chi connectivity index (χ2v) is 5.34. The van der Waals surface area contributed by atoms with E-state index in [9.17, 15) is 9.90 Å². The molecule has 1 heterocycles. The van der Waals surface area contributed by atoms with E-state index < -0.39 is 6.10 Å². The van der Waals surface area contributed by atoms with Gasteiger partial charge >= 0.3 is 0 Å². The van der Waals surface area contributed by atoms with Crippen LogP contribution in [0.25, 0.3) is 0 Å². The first kappa shape index (κ1) is 12.6. The van der Waals surface area contributed by atoms with Gasteiger partial charge in [0.1, 0.15) is 0 Å². The fourth-order valence-corrected chi connectivity index (χ4v) is 2.98. The summed E-state index contributed by atoms with van der Waals surface area (Å²) in [7, 11) is 0. The van der Waals surface area contributed by atoms with E-state index in [2.05, 4.69) is 5.32 Å². The molecule has 0 radical (unpaired) electrons. The molecule has 1 saturated heterocycles. The van der Waals surface area contributed by atoms with E-state index in [1.807, 2.05) is 24.3 Å². The number of nitrogens with one attached hydrogen (secondary N) is 1. The summed E-state index contributed by atoms with van der Waals surface area (Å²) in [5.74, 6) is 0.0674. The van der Waals surface area contributed by atoms with Gasteiger partial charge in [-0.25, -0.2) is 0 Å². The lowest BCUT2D eigenvalue weighted by Crippen LogP contribution is -2.39. The Hall–Kier alpha value is -1.39. The third-order valence-corrected chi connectivity index (χ3v) is 4.09. The summed E-state index contributed by atoms with van der Waals surface area (Å²) in [6.07, 6.45) is 1.66. The van der Waals surface area contributed by atoms with Crippen LogP contribution in [0.2, 0.25) is 0 Å². The maximum atomic E-state index is 12.2. The monoisotopic (exact) mass is 261 g/mol. The van der Waals surface area contributed by atoms with Crippen LogP contribution < -0.4 is 5.32 Å². The van der Waals surface area contributed by atoms with E-state index in [4.69, 9.17) is 4.74 Å². The molecule has 1 aromatic carbocycles. The van der Waals surface area contributed by atoms with Crippen molar-refractivity contribution in [3.05, 3.63) is 35.4 Å². The maximum absolute atomic E-state index is 12.2. The molecule has 0 aromatic heterocycles. The molecule has 0 bridgehead atoms. The zero-order chi connectivity index (χ0) is 13.2. The van der Waals surface area contributed by atoms with Crippen LogP contribution in [0.4, 0.5) is 0 Å². The van der Waals surface area contributed by atoms with Crippen LogP contribution in [0.5, 0.6) is 0 Å². The topological polar surface area (TPSA) is 58.6 Å². The van der Waals surface area contributed by atoms with Gasteiger partial charge in [-0.3, -0.25) is 4.79 Å². The molecule has 0 saturated carbocycles. The van der Waals surface area contributed by atoms with E-state index in [0.29, 0.717) is 19.6 Å². The second kappa shape index (κ2) is 5.31. The van der Waals surface area contributed by atoms with Gasteiger partial charge in [0.25, 0.3) is 0 Å². The summed E-state index contributed by atoms with van der Waals surface area (Å²) in [6, 6.07) is 7.66. The number of carbonyl (C=O) groups excluding carboxylic acids is 1. The molecule has 0 spiro atoms. The minimum atomic E-state index is -0.513. The van der Waals surface area contributed by atoms with E-state index in [1.54, 1.807) is 0 Å². The maximum Gasteiger partial charge on any atom is 0.223 e. The van der Waals surface area contributed by atoms with Crippen molar-refractivity contribution in [2.45, 2.75) is 31.4 Å². The van der Waals surface area contributed by atoms with Crippen molar-refractivity contribution in [3.63, 3.8) is 0 Å². The first-order valence-corrected chi connectivity index (χ1v) is 6.89. The molecular weight excluding hydrogens is 242 g/mol. The van der Waals surface area contributed by atoms with Gasteiger partial charge in [-0.05, 0) is 24.0 Å². The first-order chi connectivity index (χ1) is 9.25. The molecule has 1 fully saturated rings. The van der Waals surface area contributed by atoms with Crippen LogP contribution in [0, 0.1) is 5.92 Å². The molecule has 2 unspecified atom stereocenters. The lowest BCUT2D eigenvalue weighted by Gasteiger charge is -2.25. The Labute approximate surface area is 112 Å². The molecule has 1 amide bonds. The molecule has 2 N–H and O–H groups in total. The van der Waals surface area contributed by atoms with Gasteiger partial charge in [-0.15, -0.1) is 0 Å². The highest BCUT2D eigenvalue weighted by atomic mass is 16.5. The molecule has 3 rings (SSSR count). The van der Waals surface area contributed by atoms with Gasteiger partial charge in [-0.2, -0.15) is 0 Å². The molecule has 2 atom stereocenters. The summed E-state index contributed by atoms with van der Waals surface area (Å²) >= 11 is 0. The summed E-state index contributed by atoms with van der Waals surface area (Å²) < 4.78 is 5.27. The lowest BCUT2D eigenvalue weighted by atomic mass is 9.98. The summed E-state index contributed by atoms with van der Waals surface area (Å²) in [5, 5.41) is 13.1. The fourth-order valence-electron chi connectivity index (χ4n) is 2.98. The van der Waals surface area contributed by atoms with Crippen molar-refractivity contribution < 1.29 is 14.6 Å². The molecule has 19 heavy (non-hydrogen) atoms. The van der Waals surface area contributed by atoms with Gasteiger partial charge in [0.15, 0.2) is 0 Å². The predicted molar refractivity (Wildman–Crippen MR) is 70.6 cm³/mol. The molecular formula is C15H19NO3. The number of rotatable bonds is 2. The molecule has 1 aliphatic carbocycles. The molecule has 2 aliphatic rings. The van der Waals surface area contributed by atoms with Crippen LogP contribution in [0.3, 0.4) is 0 Å². The van der Waals surface area contributed by atoms with Gasteiger partial charge in [0, 0.05) is 25.6 Å². The van der Waals surface area contributed by atoms with E-state index >= 15 is 0 Å². The Balaban J connectivity index is 1.71. The Morgan fingerprint density at radius 3 is 2.79 bits per heavy atom. The smallest absolute Gasteiger partial charge is 0.223 e. The van der Waals surface area contributed by atoms with E-state index in [1.165, 1.54) is 0 Å². The Bertz CT molecular complexity index is 468. The summed E-state index contributed by atoms with van der Waals surface area (Å²) in [5.41, 5.74) is 2.18. The SMILES string of the molecule is O=C(NC1c2ccccc2CC1O)C1CCOCC1. The molecule has 1 aromatic rings. The van der Waals surface area contributed by atoms with Gasteiger partial charge in [0.05, 0.1) is 12.1 Å². The van der Waals surface area contributed by atoms with Crippen molar-refractivity contribution in [1.29, 1.82) is 0 Å². The minimum Gasteiger partial charge on any atom is -0.390 e. The first-order valence-electron chi connectivity index (χ1n) is 6.89. The molecule has 1 aliphatic heterocycles. The largest absolute Gasteiger partial charge is 0.390 e. The highest BCUT2D eigenvalue weighted by Gasteiger charge is 2.33.